The molecule has 0 spiro atoms. The summed E-state index contributed by atoms with van der Waals surface area (Å²) >= 11 is 0. The van der Waals surface area contributed by atoms with E-state index < -0.39 is 5.97 Å². The molecule has 2 saturated heterocycles. The van der Waals surface area contributed by atoms with Gasteiger partial charge in [0.2, 0.25) is 0 Å². The number of likely N-dealkylation sites (tertiary alicyclic amines) is 1. The summed E-state index contributed by atoms with van der Waals surface area (Å²) < 4.78 is 5.53. The van der Waals surface area contributed by atoms with Gasteiger partial charge in [-0.25, -0.2) is 0 Å². The van der Waals surface area contributed by atoms with E-state index >= 15 is 0 Å². The molecule has 16 heavy (non-hydrogen) atoms. The number of carbonyl (C=O) groups is 1. The van der Waals surface area contributed by atoms with E-state index in [0.717, 1.165) is 26.0 Å². The fourth-order valence-electron chi connectivity index (χ4n) is 2.93. The molecule has 2 aliphatic rings. The van der Waals surface area contributed by atoms with Crippen LogP contribution in [0.25, 0.3) is 0 Å². The minimum Gasteiger partial charge on any atom is -0.481 e. The van der Waals surface area contributed by atoms with Gasteiger partial charge in [0.05, 0.1) is 12.0 Å². The van der Waals surface area contributed by atoms with Crippen molar-refractivity contribution in [2.45, 2.75) is 38.8 Å². The van der Waals surface area contributed by atoms with Crippen molar-refractivity contribution in [1.29, 1.82) is 0 Å². The van der Waals surface area contributed by atoms with Crippen molar-refractivity contribution in [2.75, 3.05) is 19.7 Å². The Hall–Kier alpha value is -0.610. The second-order valence-corrected chi connectivity index (χ2v) is 5.24. The number of carboxylic acids is 1. The Morgan fingerprint density at radius 3 is 2.69 bits per heavy atom. The van der Waals surface area contributed by atoms with Crippen molar-refractivity contribution < 1.29 is 14.6 Å². The zero-order valence-corrected chi connectivity index (χ0v) is 10.1. The largest absolute Gasteiger partial charge is 0.481 e. The highest BCUT2D eigenvalue weighted by molar-refractivity contribution is 5.71. The van der Waals surface area contributed by atoms with E-state index in [-0.39, 0.29) is 11.8 Å². The zero-order chi connectivity index (χ0) is 11.7. The van der Waals surface area contributed by atoms with Gasteiger partial charge in [0.1, 0.15) is 0 Å². The molecule has 4 atom stereocenters. The van der Waals surface area contributed by atoms with E-state index in [1.54, 1.807) is 0 Å². The first-order valence-corrected chi connectivity index (χ1v) is 6.16. The number of nitrogens with zero attached hydrogens (tertiary/aromatic N) is 1. The van der Waals surface area contributed by atoms with Crippen molar-refractivity contribution in [3.05, 3.63) is 0 Å². The molecule has 4 nitrogen and oxygen atoms in total. The molecule has 0 aromatic heterocycles. The van der Waals surface area contributed by atoms with Crippen LogP contribution in [0.3, 0.4) is 0 Å². The summed E-state index contributed by atoms with van der Waals surface area (Å²) in [6, 6.07) is 0.524. The van der Waals surface area contributed by atoms with Crippen molar-refractivity contribution >= 4 is 5.97 Å². The van der Waals surface area contributed by atoms with Gasteiger partial charge in [-0.3, -0.25) is 9.69 Å². The molecule has 2 heterocycles. The minimum absolute atomic E-state index is 0.182. The van der Waals surface area contributed by atoms with Gasteiger partial charge < -0.3 is 9.84 Å². The normalized spacial score (nSPS) is 41.1. The van der Waals surface area contributed by atoms with Gasteiger partial charge in [-0.05, 0) is 25.7 Å². The van der Waals surface area contributed by atoms with Crippen LogP contribution < -0.4 is 0 Å². The third kappa shape index (κ3) is 2.38. The average molecular weight is 227 g/mol. The molecule has 0 radical (unpaired) electrons. The quantitative estimate of drug-likeness (QED) is 0.770. The zero-order valence-electron chi connectivity index (χ0n) is 10.1. The second-order valence-electron chi connectivity index (χ2n) is 5.24. The highest BCUT2D eigenvalue weighted by atomic mass is 16.5. The van der Waals surface area contributed by atoms with E-state index in [9.17, 15) is 4.79 Å². The lowest BCUT2D eigenvalue weighted by molar-refractivity contribution is -0.142. The second kappa shape index (κ2) is 4.72. The SMILES string of the molecule is CC1CC(N2CC(C)C(C(=O)O)C2)CCO1. The summed E-state index contributed by atoms with van der Waals surface area (Å²) in [4.78, 5) is 13.4. The van der Waals surface area contributed by atoms with E-state index in [4.69, 9.17) is 9.84 Å². The Kier molecular flexibility index (Phi) is 3.50. The maximum absolute atomic E-state index is 11.1. The predicted molar refractivity (Wildman–Crippen MR) is 60.3 cm³/mol. The summed E-state index contributed by atoms with van der Waals surface area (Å²) in [7, 11) is 0. The van der Waals surface area contributed by atoms with Gasteiger partial charge >= 0.3 is 5.97 Å². The summed E-state index contributed by atoms with van der Waals surface area (Å²) in [6.45, 7) is 6.60. The highest BCUT2D eigenvalue weighted by Crippen LogP contribution is 2.29. The third-order valence-electron chi connectivity index (χ3n) is 3.93. The lowest BCUT2D eigenvalue weighted by Gasteiger charge is -2.34. The van der Waals surface area contributed by atoms with Gasteiger partial charge in [-0.2, -0.15) is 0 Å². The monoisotopic (exact) mass is 227 g/mol. The van der Waals surface area contributed by atoms with Crippen LogP contribution in [0.1, 0.15) is 26.7 Å². The predicted octanol–water partition coefficient (Wildman–Crippen LogP) is 1.21. The van der Waals surface area contributed by atoms with E-state index in [2.05, 4.69) is 11.8 Å². The van der Waals surface area contributed by atoms with Crippen LogP contribution in [0, 0.1) is 11.8 Å². The van der Waals surface area contributed by atoms with Crippen molar-refractivity contribution in [3.8, 4) is 0 Å². The third-order valence-corrected chi connectivity index (χ3v) is 3.93. The van der Waals surface area contributed by atoms with Crippen LogP contribution in [-0.2, 0) is 9.53 Å². The molecule has 2 aliphatic heterocycles. The number of hydrogen-bond acceptors (Lipinski definition) is 3. The molecular weight excluding hydrogens is 206 g/mol. The number of hydrogen-bond donors (Lipinski definition) is 1. The van der Waals surface area contributed by atoms with Gasteiger partial charge in [0.15, 0.2) is 0 Å². The molecule has 0 bridgehead atoms. The van der Waals surface area contributed by atoms with Gasteiger partial charge in [0, 0.05) is 25.7 Å². The summed E-state index contributed by atoms with van der Waals surface area (Å²) in [5.41, 5.74) is 0. The van der Waals surface area contributed by atoms with Crippen LogP contribution in [0.2, 0.25) is 0 Å². The molecule has 0 aromatic carbocycles. The Balaban J connectivity index is 1.94. The molecule has 0 aromatic rings. The molecule has 0 saturated carbocycles. The van der Waals surface area contributed by atoms with Gasteiger partial charge in [-0.1, -0.05) is 6.92 Å². The Bertz CT molecular complexity index is 269. The lowest BCUT2D eigenvalue weighted by Crippen LogP contribution is -2.40. The van der Waals surface area contributed by atoms with E-state index in [1.807, 2.05) is 6.92 Å². The molecule has 1 N–H and O–H groups in total. The topological polar surface area (TPSA) is 49.8 Å². The first-order valence-electron chi connectivity index (χ1n) is 6.16. The van der Waals surface area contributed by atoms with Crippen molar-refractivity contribution in [3.63, 3.8) is 0 Å². The average Bonchev–Trinajstić information content (AvgIpc) is 2.60. The van der Waals surface area contributed by atoms with Gasteiger partial charge in [0.25, 0.3) is 0 Å². The van der Waals surface area contributed by atoms with Crippen molar-refractivity contribution in [1.82, 2.24) is 4.90 Å². The minimum atomic E-state index is -0.643. The van der Waals surface area contributed by atoms with E-state index in [1.165, 1.54) is 0 Å². The van der Waals surface area contributed by atoms with Crippen LogP contribution in [0.4, 0.5) is 0 Å². The molecule has 0 amide bonds. The number of carboxylic acid groups (broad SMARTS) is 1. The summed E-state index contributed by atoms with van der Waals surface area (Å²) in [5, 5.41) is 9.10. The first-order chi connectivity index (χ1) is 7.58. The first kappa shape index (κ1) is 11.9. The summed E-state index contributed by atoms with van der Waals surface area (Å²) in [5.74, 6) is -0.552. The Morgan fingerprint density at radius 2 is 2.12 bits per heavy atom. The Morgan fingerprint density at radius 1 is 1.38 bits per heavy atom. The fraction of sp³-hybridized carbons (Fsp3) is 0.917. The standard InChI is InChI=1S/C12H21NO3/c1-8-6-13(7-11(8)12(14)15)10-3-4-16-9(2)5-10/h8-11H,3-7H2,1-2H3,(H,14,15). The molecule has 92 valence electrons. The maximum Gasteiger partial charge on any atom is 0.308 e. The van der Waals surface area contributed by atoms with Gasteiger partial charge in [-0.15, -0.1) is 0 Å². The molecule has 0 aliphatic carbocycles. The van der Waals surface area contributed by atoms with Crippen molar-refractivity contribution in [2.24, 2.45) is 11.8 Å². The molecule has 2 fully saturated rings. The summed E-state index contributed by atoms with van der Waals surface area (Å²) in [6.07, 6.45) is 2.40. The fourth-order valence-corrected chi connectivity index (χ4v) is 2.93. The number of ether oxygens (including phenoxy) is 1. The van der Waals surface area contributed by atoms with Crippen LogP contribution >= 0.6 is 0 Å². The van der Waals surface area contributed by atoms with E-state index in [0.29, 0.717) is 18.7 Å². The Labute approximate surface area is 96.6 Å². The highest BCUT2D eigenvalue weighted by Gasteiger charge is 2.38. The molecule has 4 heteroatoms. The van der Waals surface area contributed by atoms with Crippen LogP contribution in [-0.4, -0.2) is 47.8 Å². The molecule has 4 unspecified atom stereocenters. The number of rotatable bonds is 2. The molecular formula is C12H21NO3. The maximum atomic E-state index is 11.1. The van der Waals surface area contributed by atoms with Crippen LogP contribution in [0.5, 0.6) is 0 Å². The van der Waals surface area contributed by atoms with Crippen LogP contribution in [0.15, 0.2) is 0 Å². The lowest BCUT2D eigenvalue weighted by atomic mass is 9.99. The molecule has 2 rings (SSSR count). The number of aliphatic carboxylic acids is 1. The smallest absolute Gasteiger partial charge is 0.308 e.